The molecule has 2 fully saturated rings. The Kier molecular flexibility index (Phi) is 8.11. The Hall–Kier alpha value is -3.16. The number of fused-ring (bicyclic) bond motifs is 2. The molecule has 2 aromatic carbocycles. The maximum Gasteiger partial charge on any atom is 0.252 e. The molecule has 0 radical (unpaired) electrons. The van der Waals surface area contributed by atoms with Crippen LogP contribution < -0.4 is 20.3 Å². The molecular formula is C29H40N5O2+. The van der Waals surface area contributed by atoms with Gasteiger partial charge in [0.1, 0.15) is 11.9 Å². The molecule has 0 aliphatic carbocycles. The molecule has 4 rings (SSSR count). The summed E-state index contributed by atoms with van der Waals surface area (Å²) in [5.41, 5.74) is 5.44. The predicted octanol–water partition coefficient (Wildman–Crippen LogP) is 3.35. The summed E-state index contributed by atoms with van der Waals surface area (Å²) >= 11 is 0. The van der Waals surface area contributed by atoms with Gasteiger partial charge in [0, 0.05) is 42.6 Å². The monoisotopic (exact) mass is 490 g/mol. The number of hydrogen-bond acceptors (Lipinski definition) is 5. The van der Waals surface area contributed by atoms with Gasteiger partial charge in [-0.1, -0.05) is 6.07 Å². The van der Waals surface area contributed by atoms with Crippen LogP contribution in [0.3, 0.4) is 0 Å². The van der Waals surface area contributed by atoms with E-state index in [9.17, 15) is 4.79 Å². The first-order chi connectivity index (χ1) is 17.3. The smallest absolute Gasteiger partial charge is 0.252 e. The zero-order chi connectivity index (χ0) is 25.8. The summed E-state index contributed by atoms with van der Waals surface area (Å²) in [6.07, 6.45) is 5.76. The minimum absolute atomic E-state index is 0.0768. The molecule has 36 heavy (non-hydrogen) atoms. The Balaban J connectivity index is 1.55. The molecule has 7 nitrogen and oxygen atoms in total. The van der Waals surface area contributed by atoms with E-state index in [4.69, 9.17) is 10.1 Å². The second-order valence-corrected chi connectivity index (χ2v) is 9.97. The van der Waals surface area contributed by atoms with Crippen LogP contribution in [-0.2, 0) is 0 Å². The Morgan fingerprint density at radius 1 is 1.22 bits per heavy atom. The van der Waals surface area contributed by atoms with Crippen LogP contribution in [0.1, 0.15) is 59.8 Å². The Bertz CT molecular complexity index is 1130. The van der Waals surface area contributed by atoms with Crippen molar-refractivity contribution in [3.8, 4) is 5.75 Å². The second-order valence-electron chi connectivity index (χ2n) is 9.97. The number of piperazine rings is 1. The number of likely N-dealkylation sites (N-methyl/N-ethyl adjacent to an activating group) is 1. The zero-order valence-corrected chi connectivity index (χ0v) is 22.2. The molecule has 192 valence electrons. The standard InChI is InChI=1S/C29H39N5O2/c1-6-36-27-12-21(11-22(13-27)23(15-30)16-31-4)20(3)32-29(35)28-14-24(8-7-19(28)2)34-17-25-9-10-26(18-34)33(25)5/h7-8,11-16,20,25-26,30-31H,6,9-10,17-18H2,1-5H3,(H,32,35)/p+1/b23-16+,30-15?/t20-,25-,26+/m1/s1. The highest BCUT2D eigenvalue weighted by Crippen LogP contribution is 2.32. The van der Waals surface area contributed by atoms with E-state index in [2.05, 4.69) is 40.4 Å². The number of ether oxygens (including phenoxy) is 1. The first-order valence-corrected chi connectivity index (χ1v) is 13.0. The van der Waals surface area contributed by atoms with Gasteiger partial charge in [-0.2, -0.15) is 0 Å². The third-order valence-corrected chi connectivity index (χ3v) is 7.60. The van der Waals surface area contributed by atoms with Crippen molar-refractivity contribution in [3.05, 3.63) is 64.9 Å². The lowest BCUT2D eigenvalue weighted by Crippen LogP contribution is -2.72. The van der Waals surface area contributed by atoms with Gasteiger partial charge in [0.2, 0.25) is 0 Å². The Labute approximate surface area is 215 Å². The molecule has 0 spiro atoms. The summed E-state index contributed by atoms with van der Waals surface area (Å²) in [6, 6.07) is 13.2. The SMILES string of the molecule is CCOc1cc(/C(C=N)=C/[NH2+]C)cc([C@@H](C)NC(=O)c2cc(N3C[C@H]4CC[C@@H](C3)N4C)ccc2C)c1. The minimum Gasteiger partial charge on any atom is -0.494 e. The summed E-state index contributed by atoms with van der Waals surface area (Å²) in [5.74, 6) is 0.657. The molecule has 0 unspecified atom stereocenters. The van der Waals surface area contributed by atoms with E-state index in [-0.39, 0.29) is 11.9 Å². The lowest BCUT2D eigenvalue weighted by molar-refractivity contribution is -0.555. The number of carbonyl (C=O) groups is 1. The van der Waals surface area contributed by atoms with Gasteiger partial charge in [-0.3, -0.25) is 9.69 Å². The number of hydrogen-bond donors (Lipinski definition) is 3. The van der Waals surface area contributed by atoms with Crippen molar-refractivity contribution >= 4 is 23.4 Å². The average Bonchev–Trinajstić information content (AvgIpc) is 3.06. The van der Waals surface area contributed by atoms with Crippen molar-refractivity contribution in [2.75, 3.05) is 38.7 Å². The number of quaternary nitrogens is 1. The van der Waals surface area contributed by atoms with Crippen molar-refractivity contribution in [3.63, 3.8) is 0 Å². The Morgan fingerprint density at radius 3 is 2.58 bits per heavy atom. The molecule has 2 saturated heterocycles. The molecule has 2 aliphatic heterocycles. The second kappa shape index (κ2) is 11.3. The highest BCUT2D eigenvalue weighted by atomic mass is 16.5. The van der Waals surface area contributed by atoms with E-state index in [0.29, 0.717) is 24.3 Å². The fourth-order valence-electron chi connectivity index (χ4n) is 5.43. The van der Waals surface area contributed by atoms with Crippen LogP contribution in [-0.4, -0.2) is 62.9 Å². The number of nitrogens with two attached hydrogens (primary N) is 1. The summed E-state index contributed by atoms with van der Waals surface area (Å²) in [6.45, 7) is 8.51. The highest BCUT2D eigenvalue weighted by Gasteiger charge is 2.37. The fraction of sp³-hybridized carbons (Fsp3) is 0.448. The molecule has 2 aliphatic rings. The van der Waals surface area contributed by atoms with Gasteiger partial charge in [0.05, 0.1) is 25.3 Å². The number of nitrogens with one attached hydrogen (secondary N) is 2. The third kappa shape index (κ3) is 5.47. The maximum atomic E-state index is 13.4. The van der Waals surface area contributed by atoms with Crippen molar-refractivity contribution in [1.82, 2.24) is 10.2 Å². The largest absolute Gasteiger partial charge is 0.494 e. The van der Waals surface area contributed by atoms with Gasteiger partial charge in [0.15, 0.2) is 0 Å². The summed E-state index contributed by atoms with van der Waals surface area (Å²) in [4.78, 5) is 18.4. The minimum atomic E-state index is -0.225. The molecule has 2 heterocycles. The van der Waals surface area contributed by atoms with E-state index in [1.165, 1.54) is 19.1 Å². The van der Waals surface area contributed by atoms with Gasteiger partial charge >= 0.3 is 0 Å². The molecule has 0 saturated carbocycles. The molecule has 0 aromatic heterocycles. The number of benzene rings is 2. The van der Waals surface area contributed by atoms with Crippen LogP contribution in [0, 0.1) is 12.3 Å². The quantitative estimate of drug-likeness (QED) is 0.471. The number of nitrogens with zero attached hydrogens (tertiary/aromatic N) is 2. The van der Waals surface area contributed by atoms with Gasteiger partial charge in [-0.05, 0) is 87.7 Å². The van der Waals surface area contributed by atoms with Crippen LogP contribution in [0.15, 0.2) is 42.6 Å². The van der Waals surface area contributed by atoms with Crippen LogP contribution in [0.5, 0.6) is 5.75 Å². The number of anilines is 1. The maximum absolute atomic E-state index is 13.4. The Morgan fingerprint density at radius 2 is 1.94 bits per heavy atom. The molecule has 2 bridgehead atoms. The number of amides is 1. The third-order valence-electron chi connectivity index (χ3n) is 7.60. The van der Waals surface area contributed by atoms with E-state index >= 15 is 0 Å². The first kappa shape index (κ1) is 25.9. The molecule has 1 amide bonds. The predicted molar refractivity (Wildman–Crippen MR) is 146 cm³/mol. The van der Waals surface area contributed by atoms with Crippen molar-refractivity contribution < 1.29 is 14.8 Å². The van der Waals surface area contributed by atoms with Crippen LogP contribution >= 0.6 is 0 Å². The van der Waals surface area contributed by atoms with Gasteiger partial charge in [0.25, 0.3) is 5.91 Å². The van der Waals surface area contributed by atoms with E-state index < -0.39 is 0 Å². The van der Waals surface area contributed by atoms with Gasteiger partial charge in [-0.15, -0.1) is 0 Å². The van der Waals surface area contributed by atoms with Crippen molar-refractivity contribution in [2.24, 2.45) is 0 Å². The number of carbonyl (C=O) groups excluding carboxylic acids is 1. The highest BCUT2D eigenvalue weighted by molar-refractivity contribution is 6.08. The first-order valence-electron chi connectivity index (χ1n) is 13.0. The van der Waals surface area contributed by atoms with Crippen LogP contribution in [0.25, 0.3) is 5.57 Å². The summed E-state index contributed by atoms with van der Waals surface area (Å²) < 4.78 is 5.80. The summed E-state index contributed by atoms with van der Waals surface area (Å²) in [7, 11) is 4.17. The average molecular weight is 491 g/mol. The lowest BCUT2D eigenvalue weighted by atomic mass is 9.99. The number of allylic oxidation sites excluding steroid dienone is 1. The van der Waals surface area contributed by atoms with Crippen molar-refractivity contribution in [2.45, 2.75) is 51.7 Å². The molecule has 3 atom stereocenters. The molecule has 4 N–H and O–H groups in total. The van der Waals surface area contributed by atoms with Crippen LogP contribution in [0.4, 0.5) is 5.69 Å². The van der Waals surface area contributed by atoms with Gasteiger partial charge in [-0.25, -0.2) is 0 Å². The van der Waals surface area contributed by atoms with Crippen LogP contribution in [0.2, 0.25) is 0 Å². The van der Waals surface area contributed by atoms with Gasteiger partial charge < -0.3 is 25.7 Å². The zero-order valence-electron chi connectivity index (χ0n) is 22.2. The molecule has 2 aromatic rings. The topological polar surface area (TPSA) is 85.3 Å². The number of rotatable bonds is 9. The van der Waals surface area contributed by atoms with Crippen molar-refractivity contribution in [1.29, 1.82) is 5.41 Å². The molecule has 7 heteroatoms. The number of aryl methyl sites for hydroxylation is 1. The molecular weight excluding hydrogens is 450 g/mol. The van der Waals surface area contributed by atoms with E-state index in [1.807, 2.05) is 57.5 Å². The summed E-state index contributed by atoms with van der Waals surface area (Å²) in [5, 5.41) is 12.9. The normalized spacial score (nSPS) is 20.8. The van der Waals surface area contributed by atoms with E-state index in [0.717, 1.165) is 46.8 Å². The van der Waals surface area contributed by atoms with E-state index in [1.54, 1.807) is 0 Å². The lowest BCUT2D eigenvalue weighted by Gasteiger charge is -2.40. The fourth-order valence-corrected chi connectivity index (χ4v) is 5.43.